The van der Waals surface area contributed by atoms with E-state index in [-0.39, 0.29) is 11.5 Å². The number of pyridine rings is 1. The lowest BCUT2D eigenvalue weighted by molar-refractivity contribution is -0.385. The molecule has 2 aromatic rings. The Morgan fingerprint density at radius 1 is 1.39 bits per heavy atom. The molecule has 0 aromatic carbocycles. The highest BCUT2D eigenvalue weighted by atomic mass is 79.9. The number of halogens is 2. The van der Waals surface area contributed by atoms with Crippen molar-refractivity contribution in [3.05, 3.63) is 42.7 Å². The quantitative estimate of drug-likeness (QED) is 0.596. The molecule has 0 aliphatic heterocycles. The van der Waals surface area contributed by atoms with Gasteiger partial charge in [0, 0.05) is 16.7 Å². The molecule has 2 heterocycles. The van der Waals surface area contributed by atoms with Crippen molar-refractivity contribution in [1.29, 1.82) is 0 Å². The van der Waals surface area contributed by atoms with Crippen molar-refractivity contribution >= 4 is 37.5 Å². The van der Waals surface area contributed by atoms with Crippen LogP contribution < -0.4 is 0 Å². The lowest BCUT2D eigenvalue weighted by Crippen LogP contribution is -2.06. The second kappa shape index (κ2) is 4.77. The molecule has 0 N–H and O–H groups in total. The van der Waals surface area contributed by atoms with E-state index in [1.54, 1.807) is 0 Å². The number of hydrogen-bond acceptors (Lipinski definition) is 4. The van der Waals surface area contributed by atoms with Crippen molar-refractivity contribution in [1.82, 2.24) is 14.8 Å². The Kier molecular flexibility index (Phi) is 3.49. The molecule has 8 heteroatoms. The third-order valence-corrected chi connectivity index (χ3v) is 4.00. The number of rotatable bonds is 2. The maximum atomic E-state index is 11.0. The number of hydrogen-bond donors (Lipinski definition) is 0. The molecule has 6 nitrogen and oxygen atoms in total. The third-order valence-electron chi connectivity index (χ3n) is 2.41. The minimum Gasteiger partial charge on any atom is -0.258 e. The fourth-order valence-corrected chi connectivity index (χ4v) is 2.12. The molecule has 0 aliphatic carbocycles. The van der Waals surface area contributed by atoms with Crippen LogP contribution in [0, 0.1) is 24.0 Å². The van der Waals surface area contributed by atoms with Gasteiger partial charge in [0.15, 0.2) is 0 Å². The molecule has 18 heavy (non-hydrogen) atoms. The fraction of sp³-hybridized carbons (Fsp3) is 0.200. The standard InChI is InChI=1S/C10H8Br2N4O2/c1-5-9(12)6(2)15(14-5)10-8(16(17)18)3-7(11)4-13-10/h3-4H,1-2H3. The first-order valence-corrected chi connectivity index (χ1v) is 6.52. The van der Waals surface area contributed by atoms with Gasteiger partial charge in [-0.05, 0) is 45.7 Å². The monoisotopic (exact) mass is 374 g/mol. The summed E-state index contributed by atoms with van der Waals surface area (Å²) < 4.78 is 2.84. The van der Waals surface area contributed by atoms with Gasteiger partial charge in [-0.15, -0.1) is 0 Å². The number of nitro groups is 1. The van der Waals surface area contributed by atoms with E-state index in [9.17, 15) is 10.1 Å². The Bertz CT molecular complexity index is 639. The maximum Gasteiger partial charge on any atom is 0.314 e. The van der Waals surface area contributed by atoms with E-state index in [2.05, 4.69) is 41.9 Å². The largest absolute Gasteiger partial charge is 0.314 e. The molecule has 0 radical (unpaired) electrons. The molecule has 0 saturated heterocycles. The van der Waals surface area contributed by atoms with Gasteiger partial charge in [-0.3, -0.25) is 10.1 Å². The second-order valence-corrected chi connectivity index (χ2v) is 5.36. The SMILES string of the molecule is Cc1nn(-c2ncc(Br)cc2[N+](=O)[O-])c(C)c1Br. The van der Waals surface area contributed by atoms with E-state index >= 15 is 0 Å². The van der Waals surface area contributed by atoms with Gasteiger partial charge in [-0.1, -0.05) is 0 Å². The number of aryl methyl sites for hydroxylation is 1. The van der Waals surface area contributed by atoms with Crippen LogP contribution >= 0.6 is 31.9 Å². The summed E-state index contributed by atoms with van der Waals surface area (Å²) in [5.74, 6) is 0.203. The predicted molar refractivity (Wildman–Crippen MR) is 72.9 cm³/mol. The molecule has 0 fully saturated rings. The summed E-state index contributed by atoms with van der Waals surface area (Å²) in [5, 5.41) is 15.3. The van der Waals surface area contributed by atoms with Crippen LogP contribution in [-0.4, -0.2) is 19.7 Å². The van der Waals surface area contributed by atoms with E-state index in [1.165, 1.54) is 16.9 Å². The average Bonchev–Trinajstić information content (AvgIpc) is 2.57. The normalized spacial score (nSPS) is 10.7. The van der Waals surface area contributed by atoms with Gasteiger partial charge in [-0.25, -0.2) is 9.67 Å². The van der Waals surface area contributed by atoms with E-state index < -0.39 is 4.92 Å². The minimum absolute atomic E-state index is 0.0949. The van der Waals surface area contributed by atoms with Crippen LogP contribution in [0.2, 0.25) is 0 Å². The van der Waals surface area contributed by atoms with Crippen LogP contribution in [0.5, 0.6) is 0 Å². The minimum atomic E-state index is -0.475. The molecule has 0 unspecified atom stereocenters. The topological polar surface area (TPSA) is 73.8 Å². The summed E-state index contributed by atoms with van der Waals surface area (Å²) in [6.45, 7) is 3.63. The maximum absolute atomic E-state index is 11.0. The van der Waals surface area contributed by atoms with E-state index in [0.717, 1.165) is 15.9 Å². The summed E-state index contributed by atoms with van der Waals surface area (Å²) in [5.41, 5.74) is 1.43. The van der Waals surface area contributed by atoms with Crippen molar-refractivity contribution in [3.8, 4) is 5.82 Å². The van der Waals surface area contributed by atoms with E-state index in [4.69, 9.17) is 0 Å². The van der Waals surface area contributed by atoms with Gasteiger partial charge in [0.05, 0.1) is 20.8 Å². The van der Waals surface area contributed by atoms with E-state index in [1.807, 2.05) is 13.8 Å². The van der Waals surface area contributed by atoms with Gasteiger partial charge >= 0.3 is 5.69 Å². The average molecular weight is 376 g/mol. The molecule has 0 aliphatic rings. The lowest BCUT2D eigenvalue weighted by atomic mass is 10.3. The molecule has 0 spiro atoms. The van der Waals surface area contributed by atoms with Crippen molar-refractivity contribution in [2.45, 2.75) is 13.8 Å². The van der Waals surface area contributed by atoms with Crippen LogP contribution in [-0.2, 0) is 0 Å². The Balaban J connectivity index is 2.71. The Hall–Kier alpha value is -1.28. The highest BCUT2D eigenvalue weighted by Crippen LogP contribution is 2.28. The van der Waals surface area contributed by atoms with E-state index in [0.29, 0.717) is 4.47 Å². The molecule has 0 amide bonds. The van der Waals surface area contributed by atoms with Gasteiger partial charge in [0.1, 0.15) is 0 Å². The van der Waals surface area contributed by atoms with Crippen LogP contribution in [0.4, 0.5) is 5.69 Å². The van der Waals surface area contributed by atoms with Crippen molar-refractivity contribution in [2.24, 2.45) is 0 Å². The lowest BCUT2D eigenvalue weighted by Gasteiger charge is -2.04. The second-order valence-electron chi connectivity index (χ2n) is 3.65. The first-order valence-electron chi connectivity index (χ1n) is 4.94. The van der Waals surface area contributed by atoms with Gasteiger partial charge in [0.25, 0.3) is 0 Å². The van der Waals surface area contributed by atoms with Crippen molar-refractivity contribution in [3.63, 3.8) is 0 Å². The molecule has 0 atom stereocenters. The molecule has 94 valence electrons. The zero-order valence-corrected chi connectivity index (χ0v) is 12.7. The number of nitrogens with zero attached hydrogens (tertiary/aromatic N) is 4. The highest BCUT2D eigenvalue weighted by Gasteiger charge is 2.21. The Morgan fingerprint density at radius 2 is 2.06 bits per heavy atom. The number of aromatic nitrogens is 3. The zero-order chi connectivity index (χ0) is 13.4. The third kappa shape index (κ3) is 2.17. The Labute approximate surface area is 119 Å². The summed E-state index contributed by atoms with van der Waals surface area (Å²) in [7, 11) is 0. The molecule has 2 aromatic heterocycles. The van der Waals surface area contributed by atoms with Crippen LogP contribution in [0.3, 0.4) is 0 Å². The first kappa shape index (κ1) is 13.2. The van der Waals surface area contributed by atoms with Gasteiger partial charge in [-0.2, -0.15) is 5.10 Å². The van der Waals surface area contributed by atoms with Crippen molar-refractivity contribution < 1.29 is 4.92 Å². The molecular formula is C10H8Br2N4O2. The van der Waals surface area contributed by atoms with Gasteiger partial charge < -0.3 is 0 Å². The predicted octanol–water partition coefficient (Wildman–Crippen LogP) is 3.32. The molecule has 2 rings (SSSR count). The summed E-state index contributed by atoms with van der Waals surface area (Å²) in [6.07, 6.45) is 1.51. The molecular weight excluding hydrogens is 368 g/mol. The zero-order valence-electron chi connectivity index (χ0n) is 9.52. The smallest absolute Gasteiger partial charge is 0.258 e. The summed E-state index contributed by atoms with van der Waals surface area (Å²) in [4.78, 5) is 14.6. The van der Waals surface area contributed by atoms with Crippen molar-refractivity contribution in [2.75, 3.05) is 0 Å². The molecule has 0 bridgehead atoms. The van der Waals surface area contributed by atoms with Crippen LogP contribution in [0.15, 0.2) is 21.2 Å². The highest BCUT2D eigenvalue weighted by molar-refractivity contribution is 9.10. The fourth-order valence-electron chi connectivity index (χ4n) is 1.55. The molecule has 0 saturated carbocycles. The summed E-state index contributed by atoms with van der Waals surface area (Å²) in [6, 6.07) is 1.41. The first-order chi connectivity index (χ1) is 8.41. The Morgan fingerprint density at radius 3 is 2.56 bits per heavy atom. The van der Waals surface area contributed by atoms with Gasteiger partial charge in [0.2, 0.25) is 5.82 Å². The van der Waals surface area contributed by atoms with Crippen LogP contribution in [0.25, 0.3) is 5.82 Å². The van der Waals surface area contributed by atoms with Crippen LogP contribution in [0.1, 0.15) is 11.4 Å². The summed E-state index contributed by atoms with van der Waals surface area (Å²) >= 11 is 6.55.